The molecule has 0 aliphatic carbocycles. The van der Waals surface area contributed by atoms with Crippen LogP contribution in [0.15, 0.2) is 96.0 Å². The number of hydrogen-bond donors (Lipinski definition) is 0. The fourth-order valence-electron chi connectivity index (χ4n) is 10.4. The van der Waals surface area contributed by atoms with Crippen LogP contribution in [0.3, 0.4) is 0 Å². The molecule has 0 aromatic heterocycles. The molecule has 4 aliphatic heterocycles. The Morgan fingerprint density at radius 3 is 2.10 bits per heavy atom. The summed E-state index contributed by atoms with van der Waals surface area (Å²) in [6.45, 7) is 15.6. The van der Waals surface area contributed by atoms with Gasteiger partial charge < -0.3 is 38.2 Å². The number of rotatable bonds is 21. The van der Waals surface area contributed by atoms with Crippen molar-refractivity contribution < 1.29 is 38.0 Å². The van der Waals surface area contributed by atoms with Gasteiger partial charge in [-0.3, -0.25) is 19.5 Å². The van der Waals surface area contributed by atoms with Crippen molar-refractivity contribution in [2.75, 3.05) is 75.0 Å². The molecule has 2 amide bonds. The molecule has 13 heteroatoms. The Hall–Kier alpha value is -5.86. The maximum absolute atomic E-state index is 14.2. The standard InChI is InChI=1S/C57H66N4O8S/c1-37(2)70-57(4,5)36-59(18-19-66-22-23-67-21-20-64-6)45-26-39(34-68-52-30-41-16-17-44-28-42-12-8-10-14-50(42)60(44)55(62)47(41)24-38(52)3)25-40(27-45)35-69-54-32-49-48(31-53(54)65-7)56(63)61-46(33-58-49)29-43-13-9-11-15-51(43)61/h8-15,24-27,30-33,37,44,46H,16-23,28-29,34-36H2,1-7H3. The van der Waals surface area contributed by atoms with Gasteiger partial charge in [0.05, 0.1) is 57.4 Å². The van der Waals surface area contributed by atoms with Gasteiger partial charge >= 0.3 is 0 Å². The number of thioether (sulfide) groups is 1. The largest absolute Gasteiger partial charge is 0.493 e. The van der Waals surface area contributed by atoms with E-state index < -0.39 is 0 Å². The van der Waals surface area contributed by atoms with E-state index in [1.54, 1.807) is 20.3 Å². The third-order valence-corrected chi connectivity index (χ3v) is 14.7. The van der Waals surface area contributed by atoms with Crippen LogP contribution in [0.5, 0.6) is 17.2 Å². The number of amides is 2. The fourth-order valence-corrected chi connectivity index (χ4v) is 11.9. The number of hydrogen-bond acceptors (Lipinski definition) is 11. The van der Waals surface area contributed by atoms with Crippen LogP contribution in [0.4, 0.5) is 22.7 Å². The van der Waals surface area contributed by atoms with E-state index in [2.05, 4.69) is 81.1 Å². The topological polar surface area (TPSA) is 112 Å². The highest BCUT2D eigenvalue weighted by molar-refractivity contribution is 8.01. The summed E-state index contributed by atoms with van der Waals surface area (Å²) in [5, 5.41) is 0.441. The van der Waals surface area contributed by atoms with Crippen LogP contribution in [0, 0.1) is 6.92 Å². The number of aryl methyl sites for hydroxylation is 2. The molecule has 2 unspecified atom stereocenters. The van der Waals surface area contributed by atoms with Gasteiger partial charge in [-0.2, -0.15) is 11.8 Å². The van der Waals surface area contributed by atoms with Gasteiger partial charge in [0, 0.05) is 72.3 Å². The number of methoxy groups -OCH3 is 2. The molecule has 5 aromatic rings. The Bertz CT molecular complexity index is 2740. The van der Waals surface area contributed by atoms with Crippen molar-refractivity contribution in [1.82, 2.24) is 0 Å². The maximum atomic E-state index is 14.2. The van der Waals surface area contributed by atoms with Crippen molar-refractivity contribution in [2.45, 2.75) is 95.6 Å². The van der Waals surface area contributed by atoms with Crippen molar-refractivity contribution in [1.29, 1.82) is 0 Å². The summed E-state index contributed by atoms with van der Waals surface area (Å²) in [6, 6.07) is 30.4. The van der Waals surface area contributed by atoms with Crippen molar-refractivity contribution >= 4 is 52.5 Å². The molecule has 0 saturated carbocycles. The van der Waals surface area contributed by atoms with Crippen LogP contribution in [-0.2, 0) is 46.7 Å². The second-order valence-corrected chi connectivity index (χ2v) is 21.8. The average molecular weight is 967 g/mol. The van der Waals surface area contributed by atoms with Gasteiger partial charge in [0.25, 0.3) is 11.8 Å². The van der Waals surface area contributed by atoms with Gasteiger partial charge in [0.15, 0.2) is 11.5 Å². The molecule has 12 nitrogen and oxygen atoms in total. The first-order valence-electron chi connectivity index (χ1n) is 24.6. The molecule has 0 radical (unpaired) electrons. The molecule has 0 spiro atoms. The quantitative estimate of drug-likeness (QED) is 0.0659. The predicted octanol–water partition coefficient (Wildman–Crippen LogP) is 10.4. The SMILES string of the molecule is COCCOCCOCCN(CC(C)(C)SC(C)C)c1cc(COc2cc3c(cc2C)C(=O)N2c4ccccc4CC2CC3)cc(COc2cc3c(cc2OC)C(=O)N2c4ccccc4CC2C=N3)c1. The lowest BCUT2D eigenvalue weighted by molar-refractivity contribution is 0.0264. The molecule has 0 saturated heterocycles. The zero-order chi connectivity index (χ0) is 48.9. The van der Waals surface area contributed by atoms with E-state index in [9.17, 15) is 9.59 Å². The lowest BCUT2D eigenvalue weighted by Gasteiger charge is -2.35. The zero-order valence-corrected chi connectivity index (χ0v) is 42.4. The Morgan fingerprint density at radius 1 is 0.729 bits per heavy atom. The van der Waals surface area contributed by atoms with Crippen LogP contribution in [0.1, 0.15) is 88.2 Å². The summed E-state index contributed by atoms with van der Waals surface area (Å²) in [4.78, 5) is 39.4. The fraction of sp³-hybridized carbons (Fsp3) is 0.421. The summed E-state index contributed by atoms with van der Waals surface area (Å²) in [7, 11) is 3.26. The Balaban J connectivity index is 0.995. The van der Waals surface area contributed by atoms with E-state index in [0.717, 1.165) is 82.0 Å². The highest BCUT2D eigenvalue weighted by Crippen LogP contribution is 2.43. The van der Waals surface area contributed by atoms with E-state index in [1.165, 1.54) is 5.56 Å². The molecular formula is C57H66N4O8S. The minimum Gasteiger partial charge on any atom is -0.493 e. The summed E-state index contributed by atoms with van der Waals surface area (Å²) < 4.78 is 36.1. The number of anilines is 3. The van der Waals surface area contributed by atoms with Gasteiger partial charge in [-0.1, -0.05) is 50.2 Å². The first kappa shape index (κ1) is 49.1. The number of para-hydroxylation sites is 2. The highest BCUT2D eigenvalue weighted by atomic mass is 32.2. The molecule has 2 atom stereocenters. The van der Waals surface area contributed by atoms with Gasteiger partial charge in [-0.05, 0) is 127 Å². The smallest absolute Gasteiger partial charge is 0.261 e. The van der Waals surface area contributed by atoms with Gasteiger partial charge in [-0.25, -0.2) is 0 Å². The number of benzene rings is 5. The number of fused-ring (bicyclic) bond motifs is 8. The Morgan fingerprint density at radius 2 is 1.39 bits per heavy atom. The van der Waals surface area contributed by atoms with Gasteiger partial charge in [-0.15, -0.1) is 0 Å². The van der Waals surface area contributed by atoms with Crippen molar-refractivity contribution in [2.24, 2.45) is 4.99 Å². The van der Waals surface area contributed by atoms with Crippen molar-refractivity contribution in [3.63, 3.8) is 0 Å². The molecule has 5 aromatic carbocycles. The number of carbonyl (C=O) groups is 2. The van der Waals surface area contributed by atoms with Crippen LogP contribution in [0.25, 0.3) is 0 Å². The molecule has 70 heavy (non-hydrogen) atoms. The second kappa shape index (κ2) is 21.6. The first-order chi connectivity index (χ1) is 33.9. The van der Waals surface area contributed by atoms with Crippen LogP contribution in [0.2, 0.25) is 0 Å². The molecular weight excluding hydrogens is 901 g/mol. The minimum atomic E-state index is -0.171. The number of carbonyl (C=O) groups excluding carboxylic acids is 2. The summed E-state index contributed by atoms with van der Waals surface area (Å²) in [5.41, 5.74) is 10.9. The molecule has 4 aliphatic rings. The molecule has 9 rings (SSSR count). The monoisotopic (exact) mass is 966 g/mol. The van der Waals surface area contributed by atoms with Crippen molar-refractivity contribution in [3.8, 4) is 17.2 Å². The summed E-state index contributed by atoms with van der Waals surface area (Å²) >= 11 is 1.95. The van der Waals surface area contributed by atoms with Crippen molar-refractivity contribution in [3.05, 3.63) is 136 Å². The molecule has 368 valence electrons. The van der Waals surface area contributed by atoms with Crippen LogP contribution in [-0.4, -0.2) is 100 Å². The summed E-state index contributed by atoms with van der Waals surface area (Å²) in [5.74, 6) is 1.65. The highest BCUT2D eigenvalue weighted by Gasteiger charge is 2.38. The zero-order valence-electron chi connectivity index (χ0n) is 41.6. The van der Waals surface area contributed by atoms with Gasteiger partial charge in [0.2, 0.25) is 0 Å². The maximum Gasteiger partial charge on any atom is 0.261 e. The molecule has 0 bridgehead atoms. The average Bonchev–Trinajstić information content (AvgIpc) is 3.84. The van der Waals surface area contributed by atoms with E-state index in [0.29, 0.717) is 80.6 Å². The normalized spacial score (nSPS) is 16.8. The predicted molar refractivity (Wildman–Crippen MR) is 280 cm³/mol. The lowest BCUT2D eigenvalue weighted by Crippen LogP contribution is -2.39. The number of ether oxygens (including phenoxy) is 6. The Kier molecular flexibility index (Phi) is 15.2. The Labute approximate surface area is 417 Å². The van der Waals surface area contributed by atoms with E-state index in [1.807, 2.05) is 71.1 Å². The summed E-state index contributed by atoms with van der Waals surface area (Å²) in [6.07, 6.45) is 5.14. The third kappa shape index (κ3) is 10.9. The van der Waals surface area contributed by atoms with E-state index >= 15 is 0 Å². The molecule has 0 fully saturated rings. The second-order valence-electron chi connectivity index (χ2n) is 19.5. The van der Waals surface area contributed by atoms with E-state index in [4.69, 9.17) is 33.4 Å². The van der Waals surface area contributed by atoms with E-state index in [-0.39, 0.29) is 35.3 Å². The minimum absolute atomic E-state index is 0.0614. The van der Waals surface area contributed by atoms with Gasteiger partial charge in [0.1, 0.15) is 19.0 Å². The third-order valence-electron chi connectivity index (χ3n) is 13.4. The van der Waals surface area contributed by atoms with Crippen LogP contribution >= 0.6 is 11.8 Å². The molecule has 0 N–H and O–H groups in total. The first-order valence-corrected chi connectivity index (χ1v) is 25.5. The lowest BCUT2D eigenvalue weighted by atomic mass is 9.98. The van der Waals surface area contributed by atoms with Crippen LogP contribution < -0.4 is 28.9 Å². The number of nitrogens with zero attached hydrogens (tertiary/aromatic N) is 4. The number of aliphatic imine (C=N–C) groups is 1. The molecule has 4 heterocycles.